The average molecular weight is 594 g/mol. The second-order valence-electron chi connectivity index (χ2n) is 10.3. The van der Waals surface area contributed by atoms with Crippen LogP contribution in [0.4, 0.5) is 5.69 Å². The first-order chi connectivity index (χ1) is 20.9. The molecule has 0 N–H and O–H groups in total. The van der Waals surface area contributed by atoms with Gasteiger partial charge >= 0.3 is 0 Å². The first-order valence-electron chi connectivity index (χ1n) is 14.4. The van der Waals surface area contributed by atoms with E-state index in [0.29, 0.717) is 28.1 Å². The summed E-state index contributed by atoms with van der Waals surface area (Å²) >= 11 is 1.34. The van der Waals surface area contributed by atoms with Crippen LogP contribution < -0.4 is 24.4 Å². The smallest absolute Gasteiger partial charge is 0.271 e. The van der Waals surface area contributed by atoms with Gasteiger partial charge in [-0.05, 0) is 109 Å². The number of thiazole rings is 1. The van der Waals surface area contributed by atoms with Crippen molar-refractivity contribution >= 4 is 29.2 Å². The standard InChI is InChI=1S/C34H31N3O5S/c1-3-41-27-16-10-22(11-17-27)20-25-6-5-7-29-31(25)35-34-36(32(29)24-12-18-28(19-13-24)42-4-2)33(38)30(43-34)21-23-8-14-26(15-9-23)37(39)40/h8-21,32H,3-7H2,1-2H3/b25-20+,30-21+/t32-/m0/s1. The lowest BCUT2D eigenvalue weighted by atomic mass is 9.84. The summed E-state index contributed by atoms with van der Waals surface area (Å²) in [5.74, 6) is 1.62. The van der Waals surface area contributed by atoms with Crippen LogP contribution in [0.2, 0.25) is 0 Å². The molecule has 0 saturated carbocycles. The Morgan fingerprint density at radius 2 is 1.51 bits per heavy atom. The van der Waals surface area contributed by atoms with Crippen LogP contribution >= 0.6 is 11.3 Å². The molecule has 1 atom stereocenters. The van der Waals surface area contributed by atoms with Gasteiger partial charge < -0.3 is 9.47 Å². The van der Waals surface area contributed by atoms with E-state index in [4.69, 9.17) is 14.5 Å². The summed E-state index contributed by atoms with van der Waals surface area (Å²) in [6.45, 7) is 5.12. The van der Waals surface area contributed by atoms with Gasteiger partial charge in [-0.1, -0.05) is 35.6 Å². The van der Waals surface area contributed by atoms with Crippen LogP contribution in [0.3, 0.4) is 0 Å². The van der Waals surface area contributed by atoms with Gasteiger partial charge in [0, 0.05) is 12.1 Å². The number of hydrogen-bond acceptors (Lipinski definition) is 7. The molecule has 1 aromatic heterocycles. The number of rotatable bonds is 8. The molecule has 1 aliphatic carbocycles. The zero-order valence-corrected chi connectivity index (χ0v) is 24.8. The highest BCUT2D eigenvalue weighted by Crippen LogP contribution is 2.41. The molecule has 3 aromatic carbocycles. The first-order valence-corrected chi connectivity index (χ1v) is 15.2. The van der Waals surface area contributed by atoms with Crippen molar-refractivity contribution in [1.82, 2.24) is 4.57 Å². The van der Waals surface area contributed by atoms with Gasteiger partial charge in [0.1, 0.15) is 11.5 Å². The molecule has 9 heteroatoms. The molecule has 4 aromatic rings. The van der Waals surface area contributed by atoms with Crippen LogP contribution in [0.1, 0.15) is 55.8 Å². The van der Waals surface area contributed by atoms with Crippen molar-refractivity contribution in [2.75, 3.05) is 13.2 Å². The SMILES string of the molecule is CCOc1ccc(/C=C2\CCCC3=C2N=c2s/c(=C/c4ccc([N+](=O)[O-])cc4)c(=O)n2[C@H]3c2ccc(OCC)cc2)cc1. The van der Waals surface area contributed by atoms with E-state index in [-0.39, 0.29) is 17.3 Å². The van der Waals surface area contributed by atoms with Crippen molar-refractivity contribution < 1.29 is 14.4 Å². The molecule has 2 aliphatic rings. The topological polar surface area (TPSA) is 96.0 Å². The van der Waals surface area contributed by atoms with Crippen molar-refractivity contribution in [3.63, 3.8) is 0 Å². The van der Waals surface area contributed by atoms with E-state index in [1.807, 2.05) is 50.2 Å². The number of nitro groups is 1. The number of aromatic nitrogens is 1. The van der Waals surface area contributed by atoms with Crippen molar-refractivity contribution in [2.45, 2.75) is 39.2 Å². The van der Waals surface area contributed by atoms with Crippen LogP contribution in [0.5, 0.6) is 11.5 Å². The second-order valence-corrected chi connectivity index (χ2v) is 11.3. The summed E-state index contributed by atoms with van der Waals surface area (Å²) in [5.41, 5.74) is 5.88. The van der Waals surface area contributed by atoms with Crippen LogP contribution in [0.15, 0.2) is 99.4 Å². The van der Waals surface area contributed by atoms with Gasteiger partial charge in [-0.2, -0.15) is 0 Å². The van der Waals surface area contributed by atoms with Crippen LogP contribution in [-0.2, 0) is 0 Å². The van der Waals surface area contributed by atoms with Crippen molar-refractivity contribution in [3.05, 3.63) is 136 Å². The van der Waals surface area contributed by atoms with E-state index < -0.39 is 4.92 Å². The summed E-state index contributed by atoms with van der Waals surface area (Å²) < 4.78 is 13.6. The molecule has 0 amide bonds. The number of nitro benzene ring substituents is 1. The Bertz CT molecular complexity index is 1900. The minimum atomic E-state index is -0.433. The molecular formula is C34H31N3O5S. The highest BCUT2D eigenvalue weighted by molar-refractivity contribution is 7.07. The quantitative estimate of drug-likeness (QED) is 0.179. The Morgan fingerprint density at radius 3 is 2.14 bits per heavy atom. The molecule has 8 nitrogen and oxygen atoms in total. The minimum Gasteiger partial charge on any atom is -0.494 e. The second kappa shape index (κ2) is 12.2. The molecule has 1 aliphatic heterocycles. The number of nitrogens with zero attached hydrogens (tertiary/aromatic N) is 3. The Labute approximate surface area is 252 Å². The van der Waals surface area contributed by atoms with Gasteiger partial charge in [-0.15, -0.1) is 0 Å². The summed E-state index contributed by atoms with van der Waals surface area (Å²) in [7, 11) is 0. The number of benzene rings is 3. The molecule has 43 heavy (non-hydrogen) atoms. The highest BCUT2D eigenvalue weighted by Gasteiger charge is 2.32. The predicted molar refractivity (Wildman–Crippen MR) is 168 cm³/mol. The minimum absolute atomic E-state index is 0.00799. The van der Waals surface area contributed by atoms with E-state index in [2.05, 4.69) is 18.2 Å². The average Bonchev–Trinajstić information content (AvgIpc) is 3.32. The van der Waals surface area contributed by atoms with Gasteiger partial charge in [0.15, 0.2) is 4.80 Å². The lowest BCUT2D eigenvalue weighted by molar-refractivity contribution is -0.384. The number of ether oxygens (including phenoxy) is 2. The Morgan fingerprint density at radius 1 is 0.907 bits per heavy atom. The Hall–Kier alpha value is -4.76. The maximum atomic E-state index is 14.0. The summed E-state index contributed by atoms with van der Waals surface area (Å²) in [6.07, 6.45) is 6.65. The summed E-state index contributed by atoms with van der Waals surface area (Å²) in [6, 6.07) is 21.9. The molecule has 0 bridgehead atoms. The van der Waals surface area contributed by atoms with Gasteiger partial charge in [0.25, 0.3) is 11.2 Å². The lowest BCUT2D eigenvalue weighted by Crippen LogP contribution is -2.39. The fourth-order valence-electron chi connectivity index (χ4n) is 5.64. The molecule has 0 fully saturated rings. The zero-order valence-electron chi connectivity index (χ0n) is 24.0. The fraction of sp³-hybridized carbons (Fsp3) is 0.235. The highest BCUT2D eigenvalue weighted by atomic mass is 32.1. The van der Waals surface area contributed by atoms with E-state index in [9.17, 15) is 14.9 Å². The van der Waals surface area contributed by atoms with Gasteiger partial charge in [0.2, 0.25) is 0 Å². The molecule has 6 rings (SSSR count). The molecular weight excluding hydrogens is 562 g/mol. The van der Waals surface area contributed by atoms with Crippen LogP contribution in [-0.4, -0.2) is 22.7 Å². The van der Waals surface area contributed by atoms with E-state index in [0.717, 1.165) is 58.7 Å². The third kappa shape index (κ3) is 5.81. The maximum absolute atomic E-state index is 14.0. The molecule has 218 valence electrons. The molecule has 0 unspecified atom stereocenters. The van der Waals surface area contributed by atoms with Gasteiger partial charge in [-0.25, -0.2) is 4.99 Å². The maximum Gasteiger partial charge on any atom is 0.271 e. The van der Waals surface area contributed by atoms with Crippen molar-refractivity contribution in [3.8, 4) is 11.5 Å². The molecule has 0 radical (unpaired) electrons. The van der Waals surface area contributed by atoms with Crippen LogP contribution in [0.25, 0.3) is 12.2 Å². The third-order valence-corrected chi connectivity index (χ3v) is 8.56. The van der Waals surface area contributed by atoms with Crippen molar-refractivity contribution in [2.24, 2.45) is 4.99 Å². The first kappa shape index (κ1) is 28.4. The zero-order chi connectivity index (χ0) is 29.9. The predicted octanol–water partition coefficient (Wildman–Crippen LogP) is 6.19. The Kier molecular flexibility index (Phi) is 8.07. The molecule has 0 saturated heterocycles. The number of fused-ring (bicyclic) bond motifs is 1. The summed E-state index contributed by atoms with van der Waals surface area (Å²) in [5, 5.41) is 11.1. The van der Waals surface area contributed by atoms with E-state index in [1.165, 1.54) is 23.5 Å². The number of allylic oxidation sites excluding steroid dienone is 2. The lowest BCUT2D eigenvalue weighted by Gasteiger charge is -2.31. The van der Waals surface area contributed by atoms with Crippen LogP contribution in [0, 0.1) is 10.1 Å². The van der Waals surface area contributed by atoms with E-state index >= 15 is 0 Å². The molecule has 0 spiro atoms. The summed E-state index contributed by atoms with van der Waals surface area (Å²) in [4.78, 5) is 30.4. The van der Waals surface area contributed by atoms with Gasteiger partial charge in [0.05, 0.1) is 34.4 Å². The monoisotopic (exact) mass is 593 g/mol. The number of non-ortho nitro benzene ring substituents is 1. The fourth-order valence-corrected chi connectivity index (χ4v) is 6.64. The largest absolute Gasteiger partial charge is 0.494 e. The number of hydrogen-bond donors (Lipinski definition) is 0. The van der Waals surface area contributed by atoms with Crippen molar-refractivity contribution in [1.29, 1.82) is 0 Å². The Balaban J connectivity index is 1.49. The third-order valence-electron chi connectivity index (χ3n) is 7.57. The molecule has 2 heterocycles. The normalized spacial score (nSPS) is 17.3. The van der Waals surface area contributed by atoms with Gasteiger partial charge in [-0.3, -0.25) is 19.5 Å². The van der Waals surface area contributed by atoms with E-state index in [1.54, 1.807) is 22.8 Å².